The summed E-state index contributed by atoms with van der Waals surface area (Å²) in [6.45, 7) is 4.07. The Bertz CT molecular complexity index is 740. The van der Waals surface area contributed by atoms with Crippen LogP contribution in [-0.4, -0.2) is 60.0 Å². The fourth-order valence-electron chi connectivity index (χ4n) is 5.12. The van der Waals surface area contributed by atoms with Crippen molar-refractivity contribution in [1.29, 1.82) is 0 Å². The predicted molar refractivity (Wildman–Crippen MR) is 105 cm³/mol. The minimum Gasteiger partial charge on any atom is -0.496 e. The van der Waals surface area contributed by atoms with Crippen LogP contribution in [0.3, 0.4) is 0 Å². The van der Waals surface area contributed by atoms with Crippen LogP contribution < -0.4 is 15.5 Å². The average Bonchev–Trinajstić information content (AvgIpc) is 3.22. The summed E-state index contributed by atoms with van der Waals surface area (Å²) in [5, 5.41) is 5.26. The van der Waals surface area contributed by atoms with Crippen molar-refractivity contribution in [3.8, 4) is 5.75 Å². The molecule has 0 spiro atoms. The van der Waals surface area contributed by atoms with Crippen molar-refractivity contribution in [3.05, 3.63) is 29.8 Å². The van der Waals surface area contributed by atoms with Crippen molar-refractivity contribution in [3.63, 3.8) is 0 Å². The number of amides is 2. The molecule has 7 heteroatoms. The third kappa shape index (κ3) is 3.37. The molecule has 1 aromatic rings. The number of carbonyl (C=O) groups excluding carboxylic acids is 2. The number of hydrogen-bond donors (Lipinski definition) is 2. The summed E-state index contributed by atoms with van der Waals surface area (Å²) in [5.74, 6) is 1.01. The maximum absolute atomic E-state index is 12.9. The number of benzene rings is 1. The number of piperazine rings is 1. The van der Waals surface area contributed by atoms with Crippen LogP contribution in [0.2, 0.25) is 0 Å². The molecule has 4 atom stereocenters. The first-order valence-corrected chi connectivity index (χ1v) is 10.4. The van der Waals surface area contributed by atoms with Crippen LogP contribution in [0.5, 0.6) is 5.75 Å². The van der Waals surface area contributed by atoms with Crippen molar-refractivity contribution in [2.24, 2.45) is 5.92 Å². The van der Waals surface area contributed by atoms with Crippen LogP contribution in [0.15, 0.2) is 24.3 Å². The van der Waals surface area contributed by atoms with Crippen molar-refractivity contribution >= 4 is 11.8 Å². The van der Waals surface area contributed by atoms with E-state index in [-0.39, 0.29) is 29.8 Å². The van der Waals surface area contributed by atoms with Crippen LogP contribution in [0.4, 0.5) is 0 Å². The van der Waals surface area contributed by atoms with Gasteiger partial charge in [-0.25, -0.2) is 5.01 Å². The maximum Gasteiger partial charge on any atom is 0.241 e. The number of para-hydroxylation sites is 1. The quantitative estimate of drug-likeness (QED) is 0.798. The Balaban J connectivity index is 1.42. The van der Waals surface area contributed by atoms with Gasteiger partial charge in [0.25, 0.3) is 0 Å². The van der Waals surface area contributed by atoms with Gasteiger partial charge in [0.2, 0.25) is 11.8 Å². The molecule has 28 heavy (non-hydrogen) atoms. The van der Waals surface area contributed by atoms with Crippen LogP contribution in [0.25, 0.3) is 0 Å². The van der Waals surface area contributed by atoms with Crippen molar-refractivity contribution in [2.45, 2.75) is 57.3 Å². The fourth-order valence-corrected chi connectivity index (χ4v) is 5.12. The topological polar surface area (TPSA) is 73.9 Å². The normalized spacial score (nSPS) is 29.9. The van der Waals surface area contributed by atoms with E-state index in [2.05, 4.69) is 15.8 Å². The molecule has 7 nitrogen and oxygen atoms in total. The molecule has 0 bridgehead atoms. The van der Waals surface area contributed by atoms with Gasteiger partial charge < -0.3 is 15.0 Å². The maximum atomic E-state index is 12.9. The van der Waals surface area contributed by atoms with Gasteiger partial charge in [-0.3, -0.25) is 15.0 Å². The smallest absolute Gasteiger partial charge is 0.241 e. The van der Waals surface area contributed by atoms with E-state index in [1.54, 1.807) is 7.11 Å². The number of likely N-dealkylation sites (N-methyl/N-ethyl adjacent to an activating group) is 1. The second kappa shape index (κ2) is 8.09. The molecule has 2 saturated heterocycles. The first-order chi connectivity index (χ1) is 13.6. The summed E-state index contributed by atoms with van der Waals surface area (Å²) < 4.78 is 5.37. The summed E-state index contributed by atoms with van der Waals surface area (Å²) in [6, 6.07) is 8.12. The van der Waals surface area contributed by atoms with Crippen molar-refractivity contribution < 1.29 is 14.3 Å². The molecule has 4 unspecified atom stereocenters. The van der Waals surface area contributed by atoms with Crippen molar-refractivity contribution in [1.82, 2.24) is 20.7 Å². The molecule has 1 aromatic carbocycles. The van der Waals surface area contributed by atoms with Gasteiger partial charge in [0.1, 0.15) is 11.8 Å². The van der Waals surface area contributed by atoms with E-state index in [9.17, 15) is 9.59 Å². The summed E-state index contributed by atoms with van der Waals surface area (Å²) >= 11 is 0. The number of rotatable bonds is 5. The second-order valence-corrected chi connectivity index (χ2v) is 7.92. The number of ether oxygens (including phenoxy) is 1. The van der Waals surface area contributed by atoms with Crippen LogP contribution in [0, 0.1) is 5.92 Å². The number of nitrogens with zero attached hydrogens (tertiary/aromatic N) is 2. The van der Waals surface area contributed by atoms with E-state index < -0.39 is 0 Å². The van der Waals surface area contributed by atoms with Crippen molar-refractivity contribution in [2.75, 3.05) is 20.2 Å². The molecule has 2 heterocycles. The number of fused-ring (bicyclic) bond motifs is 3. The van der Waals surface area contributed by atoms with E-state index >= 15 is 0 Å². The Labute approximate surface area is 166 Å². The summed E-state index contributed by atoms with van der Waals surface area (Å²) in [7, 11) is 1.64. The lowest BCUT2D eigenvalue weighted by atomic mass is 9.78. The fraction of sp³-hybridized carbons (Fsp3) is 0.619. The molecule has 1 saturated carbocycles. The third-order valence-corrected chi connectivity index (χ3v) is 6.51. The Morgan fingerprint density at radius 2 is 2.07 bits per heavy atom. The van der Waals surface area contributed by atoms with Gasteiger partial charge in [-0.05, 0) is 38.7 Å². The first-order valence-electron chi connectivity index (χ1n) is 10.4. The van der Waals surface area contributed by atoms with Gasteiger partial charge in [-0.1, -0.05) is 18.2 Å². The monoisotopic (exact) mass is 386 g/mol. The second-order valence-electron chi connectivity index (χ2n) is 7.92. The Morgan fingerprint density at radius 1 is 1.25 bits per heavy atom. The molecule has 0 radical (unpaired) electrons. The molecule has 152 valence electrons. The lowest BCUT2D eigenvalue weighted by Crippen LogP contribution is -2.68. The molecule has 0 aromatic heterocycles. The van der Waals surface area contributed by atoms with Gasteiger partial charge in [-0.15, -0.1) is 0 Å². The minimum absolute atomic E-state index is 0.0304. The van der Waals surface area contributed by atoms with E-state index in [0.29, 0.717) is 19.1 Å². The summed E-state index contributed by atoms with van der Waals surface area (Å²) in [5.41, 5.74) is 4.38. The lowest BCUT2D eigenvalue weighted by Gasteiger charge is -2.51. The Morgan fingerprint density at radius 3 is 2.86 bits per heavy atom. The van der Waals surface area contributed by atoms with E-state index in [1.807, 2.05) is 36.1 Å². The molecule has 2 aliphatic heterocycles. The Hall–Kier alpha value is -2.12. The average molecular weight is 386 g/mol. The molecule has 2 N–H and O–H groups in total. The molecule has 2 amide bonds. The zero-order valence-corrected chi connectivity index (χ0v) is 16.7. The highest BCUT2D eigenvalue weighted by Gasteiger charge is 2.50. The standard InChI is InChI=1S/C21H30N4O3/c1-3-24-18-12-14(8-9-16(18)25-17(21(24)27)10-11-23-25)20(26)22-13-15-6-4-5-7-19(15)28-2/h4-7,14,16-18,23H,3,8-13H2,1-2H3,(H,22,26). The minimum atomic E-state index is -0.0584. The number of carbonyl (C=O) groups is 2. The number of nitrogens with one attached hydrogen (secondary N) is 2. The lowest BCUT2D eigenvalue weighted by molar-refractivity contribution is -0.155. The molecular weight excluding hydrogens is 356 g/mol. The van der Waals surface area contributed by atoms with Gasteiger partial charge in [0, 0.05) is 43.2 Å². The molecule has 4 rings (SSSR count). The summed E-state index contributed by atoms with van der Waals surface area (Å²) in [6.07, 6.45) is 3.40. The highest BCUT2D eigenvalue weighted by Crippen LogP contribution is 2.37. The summed E-state index contributed by atoms with van der Waals surface area (Å²) in [4.78, 5) is 27.8. The van der Waals surface area contributed by atoms with E-state index in [1.165, 1.54) is 0 Å². The molecule has 3 aliphatic rings. The largest absolute Gasteiger partial charge is 0.496 e. The molecule has 3 fully saturated rings. The highest BCUT2D eigenvalue weighted by molar-refractivity contribution is 5.84. The Kier molecular flexibility index (Phi) is 5.55. The van der Waals surface area contributed by atoms with Gasteiger partial charge in [-0.2, -0.15) is 0 Å². The van der Waals surface area contributed by atoms with Gasteiger partial charge in [0.15, 0.2) is 0 Å². The third-order valence-electron chi connectivity index (χ3n) is 6.51. The van der Waals surface area contributed by atoms with E-state index in [4.69, 9.17) is 4.74 Å². The molecule has 1 aliphatic carbocycles. The van der Waals surface area contributed by atoms with E-state index in [0.717, 1.165) is 43.5 Å². The van der Waals surface area contributed by atoms with Crippen LogP contribution in [0.1, 0.15) is 38.2 Å². The number of hydrazine groups is 1. The number of hydrogen-bond acceptors (Lipinski definition) is 5. The van der Waals surface area contributed by atoms with Crippen LogP contribution >= 0.6 is 0 Å². The predicted octanol–water partition coefficient (Wildman–Crippen LogP) is 1.29. The van der Waals surface area contributed by atoms with Gasteiger partial charge in [0.05, 0.1) is 7.11 Å². The zero-order valence-electron chi connectivity index (χ0n) is 16.7. The first kappa shape index (κ1) is 19.2. The highest BCUT2D eigenvalue weighted by atomic mass is 16.5. The zero-order chi connectivity index (χ0) is 19.7. The SMILES string of the molecule is CCN1C(=O)C2CCNN2C2CCC(C(=O)NCc3ccccc3OC)CC21. The number of methoxy groups -OCH3 is 1. The van der Waals surface area contributed by atoms with Gasteiger partial charge >= 0.3 is 0 Å². The van der Waals surface area contributed by atoms with Crippen LogP contribution in [-0.2, 0) is 16.1 Å². The molecular formula is C21H30N4O3.